The predicted molar refractivity (Wildman–Crippen MR) is 69.2 cm³/mol. The summed E-state index contributed by atoms with van der Waals surface area (Å²) < 4.78 is 5.16. The third-order valence-corrected chi connectivity index (χ3v) is 2.67. The smallest absolute Gasteiger partial charge is 0.319 e. The molecule has 18 heavy (non-hydrogen) atoms. The van der Waals surface area contributed by atoms with E-state index in [-0.39, 0.29) is 11.9 Å². The summed E-state index contributed by atoms with van der Waals surface area (Å²) in [6.07, 6.45) is 2.07. The molecule has 1 aromatic rings. The van der Waals surface area contributed by atoms with Gasteiger partial charge in [0.05, 0.1) is 12.8 Å². The number of amides is 2. The number of nitrogens with one attached hydrogen (secondary N) is 3. The van der Waals surface area contributed by atoms with Crippen LogP contribution in [0, 0.1) is 5.41 Å². The Kier molecular flexibility index (Phi) is 3.36. The van der Waals surface area contributed by atoms with Gasteiger partial charge in [-0.05, 0) is 31.0 Å². The number of nitrogens with two attached hydrogens (primary N) is 1. The Morgan fingerprint density at radius 2 is 2.22 bits per heavy atom. The second kappa shape index (κ2) is 4.95. The minimum absolute atomic E-state index is 0.0396. The molecule has 6 nitrogen and oxygen atoms in total. The van der Waals surface area contributed by atoms with E-state index in [1.165, 1.54) is 7.11 Å². The van der Waals surface area contributed by atoms with Crippen molar-refractivity contribution in [1.82, 2.24) is 5.32 Å². The molecule has 0 radical (unpaired) electrons. The number of rotatable bonds is 4. The summed E-state index contributed by atoms with van der Waals surface area (Å²) in [5.41, 5.74) is 6.50. The zero-order valence-electron chi connectivity index (χ0n) is 10.1. The van der Waals surface area contributed by atoms with Crippen LogP contribution < -0.4 is 21.1 Å². The number of nitrogen functional groups attached to an aromatic ring is 1. The molecule has 0 atom stereocenters. The van der Waals surface area contributed by atoms with Crippen molar-refractivity contribution in [3.63, 3.8) is 0 Å². The number of ether oxygens (including phenoxy) is 1. The van der Waals surface area contributed by atoms with Crippen LogP contribution in [0.5, 0.6) is 5.75 Å². The fraction of sp³-hybridized carbons (Fsp3) is 0.333. The lowest BCUT2D eigenvalue weighted by Crippen LogP contribution is -2.30. The minimum Gasteiger partial charge on any atom is -0.495 e. The summed E-state index contributed by atoms with van der Waals surface area (Å²) in [5.74, 6) is 0.441. The van der Waals surface area contributed by atoms with Gasteiger partial charge in [0.2, 0.25) is 0 Å². The Morgan fingerprint density at radius 3 is 2.78 bits per heavy atom. The molecule has 0 aromatic heterocycles. The van der Waals surface area contributed by atoms with Crippen LogP contribution in [0.25, 0.3) is 0 Å². The van der Waals surface area contributed by atoms with Crippen molar-refractivity contribution in [2.24, 2.45) is 5.73 Å². The van der Waals surface area contributed by atoms with Gasteiger partial charge in [-0.15, -0.1) is 0 Å². The van der Waals surface area contributed by atoms with Gasteiger partial charge in [0.25, 0.3) is 0 Å². The minimum atomic E-state index is -0.244. The monoisotopic (exact) mass is 248 g/mol. The Balaban J connectivity index is 2.10. The number of hydrogen-bond donors (Lipinski definition) is 4. The Hall–Kier alpha value is -2.24. The predicted octanol–water partition coefficient (Wildman–Crippen LogP) is 1.26. The number of carbonyl (C=O) groups excluding carboxylic acids is 1. The van der Waals surface area contributed by atoms with Gasteiger partial charge in [-0.2, -0.15) is 0 Å². The molecule has 0 aliphatic heterocycles. The van der Waals surface area contributed by atoms with E-state index < -0.39 is 0 Å². The van der Waals surface area contributed by atoms with E-state index >= 15 is 0 Å². The number of urea groups is 1. The fourth-order valence-corrected chi connectivity index (χ4v) is 1.53. The van der Waals surface area contributed by atoms with Crippen LogP contribution in [0.1, 0.15) is 18.4 Å². The standard InChI is InChI=1S/C12H16N4O2/c1-18-10-6-7(11(13)14)2-5-9(10)16-12(17)15-8-3-4-8/h2,5-6,8H,3-4H2,1H3,(H3,13,14)(H2,15,16,17). The molecule has 0 spiro atoms. The van der Waals surface area contributed by atoms with Crippen molar-refractivity contribution in [2.75, 3.05) is 12.4 Å². The quantitative estimate of drug-likeness (QED) is 0.476. The number of methoxy groups -OCH3 is 1. The van der Waals surface area contributed by atoms with Gasteiger partial charge in [0, 0.05) is 11.6 Å². The van der Waals surface area contributed by atoms with Gasteiger partial charge in [-0.1, -0.05) is 0 Å². The van der Waals surface area contributed by atoms with Crippen molar-refractivity contribution < 1.29 is 9.53 Å². The molecule has 1 aliphatic carbocycles. The SMILES string of the molecule is COc1cc(C(=N)N)ccc1NC(=O)NC1CC1. The van der Waals surface area contributed by atoms with E-state index in [0.29, 0.717) is 23.0 Å². The van der Waals surface area contributed by atoms with Gasteiger partial charge in [0.15, 0.2) is 0 Å². The molecule has 2 amide bonds. The van der Waals surface area contributed by atoms with Crippen LogP contribution in [0.2, 0.25) is 0 Å². The summed E-state index contributed by atoms with van der Waals surface area (Å²) >= 11 is 0. The molecule has 2 rings (SSSR count). The second-order valence-electron chi connectivity index (χ2n) is 4.20. The molecule has 1 fully saturated rings. The van der Waals surface area contributed by atoms with Crippen LogP contribution in [0.15, 0.2) is 18.2 Å². The molecule has 0 bridgehead atoms. The van der Waals surface area contributed by atoms with Crippen molar-refractivity contribution in [1.29, 1.82) is 5.41 Å². The molecule has 1 aliphatic rings. The van der Waals surface area contributed by atoms with Crippen LogP contribution in [0.4, 0.5) is 10.5 Å². The number of carbonyl (C=O) groups is 1. The fourth-order valence-electron chi connectivity index (χ4n) is 1.53. The van der Waals surface area contributed by atoms with E-state index in [4.69, 9.17) is 15.9 Å². The van der Waals surface area contributed by atoms with E-state index in [1.807, 2.05) is 0 Å². The lowest BCUT2D eigenvalue weighted by molar-refractivity contribution is 0.251. The molecule has 0 unspecified atom stereocenters. The molecule has 0 saturated heterocycles. The third kappa shape index (κ3) is 2.91. The zero-order valence-corrected chi connectivity index (χ0v) is 10.1. The Morgan fingerprint density at radius 1 is 1.50 bits per heavy atom. The van der Waals surface area contributed by atoms with Gasteiger partial charge in [-0.3, -0.25) is 5.41 Å². The van der Waals surface area contributed by atoms with Crippen molar-refractivity contribution >= 4 is 17.6 Å². The molecule has 6 heteroatoms. The van der Waals surface area contributed by atoms with Crippen molar-refractivity contribution in [3.8, 4) is 5.75 Å². The number of anilines is 1. The van der Waals surface area contributed by atoms with Gasteiger partial charge >= 0.3 is 6.03 Å². The molecular weight excluding hydrogens is 232 g/mol. The maximum Gasteiger partial charge on any atom is 0.319 e. The number of benzene rings is 1. The molecular formula is C12H16N4O2. The average molecular weight is 248 g/mol. The third-order valence-electron chi connectivity index (χ3n) is 2.67. The maximum atomic E-state index is 11.6. The molecule has 1 saturated carbocycles. The first-order valence-corrected chi connectivity index (χ1v) is 5.70. The van der Waals surface area contributed by atoms with Gasteiger partial charge in [0.1, 0.15) is 11.6 Å². The maximum absolute atomic E-state index is 11.6. The summed E-state index contributed by atoms with van der Waals surface area (Å²) in [5, 5.41) is 12.9. The summed E-state index contributed by atoms with van der Waals surface area (Å²) in [7, 11) is 1.50. The second-order valence-corrected chi connectivity index (χ2v) is 4.20. The van der Waals surface area contributed by atoms with Crippen LogP contribution in [0.3, 0.4) is 0 Å². The summed E-state index contributed by atoms with van der Waals surface area (Å²) in [4.78, 5) is 11.6. The van der Waals surface area contributed by atoms with Crippen LogP contribution in [-0.4, -0.2) is 25.0 Å². The molecule has 1 aromatic carbocycles. The lowest BCUT2D eigenvalue weighted by Gasteiger charge is -2.12. The van der Waals surface area contributed by atoms with Crippen LogP contribution in [-0.2, 0) is 0 Å². The van der Waals surface area contributed by atoms with Gasteiger partial charge < -0.3 is 21.1 Å². The summed E-state index contributed by atoms with van der Waals surface area (Å²) in [6, 6.07) is 5.01. The van der Waals surface area contributed by atoms with E-state index in [0.717, 1.165) is 12.8 Å². The highest BCUT2D eigenvalue weighted by molar-refractivity contribution is 5.97. The molecule has 0 heterocycles. The summed E-state index contributed by atoms with van der Waals surface area (Å²) in [6.45, 7) is 0. The van der Waals surface area contributed by atoms with E-state index in [9.17, 15) is 4.79 Å². The lowest BCUT2D eigenvalue weighted by atomic mass is 10.1. The first kappa shape index (κ1) is 12.2. The highest BCUT2D eigenvalue weighted by atomic mass is 16.5. The molecule has 5 N–H and O–H groups in total. The van der Waals surface area contributed by atoms with Crippen molar-refractivity contribution in [2.45, 2.75) is 18.9 Å². The molecule has 96 valence electrons. The highest BCUT2D eigenvalue weighted by Gasteiger charge is 2.23. The zero-order chi connectivity index (χ0) is 13.1. The number of amidine groups is 1. The average Bonchev–Trinajstić information content (AvgIpc) is 3.13. The largest absolute Gasteiger partial charge is 0.495 e. The first-order valence-electron chi connectivity index (χ1n) is 5.70. The van der Waals surface area contributed by atoms with Crippen molar-refractivity contribution in [3.05, 3.63) is 23.8 Å². The first-order chi connectivity index (χ1) is 8.60. The topological polar surface area (TPSA) is 100 Å². The van der Waals surface area contributed by atoms with E-state index in [2.05, 4.69) is 10.6 Å². The number of hydrogen-bond acceptors (Lipinski definition) is 3. The van der Waals surface area contributed by atoms with Crippen LogP contribution >= 0.6 is 0 Å². The van der Waals surface area contributed by atoms with E-state index in [1.54, 1.807) is 18.2 Å². The normalized spacial score (nSPS) is 13.8. The van der Waals surface area contributed by atoms with Gasteiger partial charge in [-0.25, -0.2) is 4.79 Å². The Labute approximate surface area is 105 Å². The Bertz CT molecular complexity index is 483. The highest BCUT2D eigenvalue weighted by Crippen LogP contribution is 2.26.